The van der Waals surface area contributed by atoms with Crippen LogP contribution >= 0.6 is 0 Å². The lowest BCUT2D eigenvalue weighted by Gasteiger charge is -2.48. The van der Waals surface area contributed by atoms with Crippen LogP contribution in [0.3, 0.4) is 0 Å². The molecule has 3 atom stereocenters. The number of nitriles is 1. The highest BCUT2D eigenvalue weighted by Crippen LogP contribution is 2.33. The van der Waals surface area contributed by atoms with Crippen LogP contribution in [0.1, 0.15) is 44.5 Å². The second kappa shape index (κ2) is 10.0. The second-order valence-corrected chi connectivity index (χ2v) is 8.99. The van der Waals surface area contributed by atoms with E-state index in [0.717, 1.165) is 24.2 Å². The maximum atomic E-state index is 12.7. The molecule has 0 bridgehead atoms. The lowest BCUT2D eigenvalue weighted by Crippen LogP contribution is -2.58. The SMILES string of the molecule is CC[C@@H]1CN(c2cc(=O)n(C)c3ccc(C#N)nc23)[C@@H](C)CN1C(C)c1ccc(OC(F)F)cc1. The summed E-state index contributed by atoms with van der Waals surface area (Å²) in [5, 5.41) is 9.37. The van der Waals surface area contributed by atoms with Crippen LogP contribution < -0.4 is 15.2 Å². The summed E-state index contributed by atoms with van der Waals surface area (Å²) in [6.07, 6.45) is 0.889. The Morgan fingerprint density at radius 2 is 1.91 bits per heavy atom. The van der Waals surface area contributed by atoms with E-state index >= 15 is 0 Å². The first-order chi connectivity index (χ1) is 16.7. The molecule has 2 aromatic heterocycles. The summed E-state index contributed by atoms with van der Waals surface area (Å²) in [6.45, 7) is 4.94. The van der Waals surface area contributed by atoms with Gasteiger partial charge in [-0.1, -0.05) is 19.1 Å². The number of rotatable bonds is 6. The highest BCUT2D eigenvalue weighted by atomic mass is 19.3. The zero-order chi connectivity index (χ0) is 25.3. The summed E-state index contributed by atoms with van der Waals surface area (Å²) in [4.78, 5) is 21.9. The van der Waals surface area contributed by atoms with Crippen molar-refractivity contribution < 1.29 is 13.5 Å². The minimum atomic E-state index is -2.85. The molecule has 3 aromatic rings. The van der Waals surface area contributed by atoms with Crippen molar-refractivity contribution in [3.63, 3.8) is 0 Å². The minimum Gasteiger partial charge on any atom is -0.435 e. The fourth-order valence-corrected chi connectivity index (χ4v) is 4.95. The first-order valence-corrected chi connectivity index (χ1v) is 11.7. The van der Waals surface area contributed by atoms with Crippen molar-refractivity contribution in [1.82, 2.24) is 14.5 Å². The molecule has 0 N–H and O–H groups in total. The normalized spacial score (nSPS) is 19.7. The average Bonchev–Trinajstić information content (AvgIpc) is 2.85. The van der Waals surface area contributed by atoms with Crippen molar-refractivity contribution in [2.45, 2.75) is 51.9 Å². The number of fused-ring (bicyclic) bond motifs is 1. The van der Waals surface area contributed by atoms with E-state index in [2.05, 4.69) is 46.4 Å². The van der Waals surface area contributed by atoms with Gasteiger partial charge in [0.15, 0.2) is 0 Å². The van der Waals surface area contributed by atoms with Gasteiger partial charge in [0.25, 0.3) is 5.56 Å². The molecule has 0 aliphatic carbocycles. The number of hydrogen-bond acceptors (Lipinski definition) is 6. The largest absolute Gasteiger partial charge is 0.435 e. The summed E-state index contributed by atoms with van der Waals surface area (Å²) >= 11 is 0. The third-order valence-electron chi connectivity index (χ3n) is 6.93. The van der Waals surface area contributed by atoms with Gasteiger partial charge in [-0.25, -0.2) is 4.98 Å². The van der Waals surface area contributed by atoms with Gasteiger partial charge in [-0.05, 0) is 50.1 Å². The van der Waals surface area contributed by atoms with E-state index in [1.165, 1.54) is 0 Å². The Hall–Kier alpha value is -3.51. The maximum absolute atomic E-state index is 12.7. The predicted octanol–water partition coefficient (Wildman–Crippen LogP) is 4.46. The van der Waals surface area contributed by atoms with Gasteiger partial charge in [0.05, 0.1) is 11.2 Å². The molecule has 1 unspecified atom stereocenters. The fraction of sp³-hybridized carbons (Fsp3) is 0.423. The van der Waals surface area contributed by atoms with Crippen LogP contribution in [0.5, 0.6) is 5.75 Å². The number of ether oxygens (including phenoxy) is 1. The number of benzene rings is 1. The van der Waals surface area contributed by atoms with Gasteiger partial charge in [0.1, 0.15) is 23.0 Å². The summed E-state index contributed by atoms with van der Waals surface area (Å²) in [5.74, 6) is 0.142. The molecule has 1 saturated heterocycles. The Morgan fingerprint density at radius 1 is 1.20 bits per heavy atom. The Bertz CT molecular complexity index is 1300. The smallest absolute Gasteiger partial charge is 0.387 e. The van der Waals surface area contributed by atoms with Crippen molar-refractivity contribution >= 4 is 16.7 Å². The molecule has 1 fully saturated rings. The van der Waals surface area contributed by atoms with Gasteiger partial charge < -0.3 is 14.2 Å². The average molecular weight is 482 g/mol. The second-order valence-electron chi connectivity index (χ2n) is 8.99. The highest BCUT2D eigenvalue weighted by molar-refractivity contribution is 5.89. The van der Waals surface area contributed by atoms with E-state index in [1.807, 2.05) is 12.1 Å². The van der Waals surface area contributed by atoms with E-state index in [0.29, 0.717) is 23.3 Å². The third kappa shape index (κ3) is 4.84. The minimum absolute atomic E-state index is 0.0638. The lowest BCUT2D eigenvalue weighted by atomic mass is 9.98. The number of hydrogen-bond donors (Lipinski definition) is 0. The van der Waals surface area contributed by atoms with E-state index in [9.17, 15) is 18.8 Å². The maximum Gasteiger partial charge on any atom is 0.387 e. The van der Waals surface area contributed by atoms with E-state index in [-0.39, 0.29) is 29.4 Å². The molecule has 1 aliphatic rings. The van der Waals surface area contributed by atoms with Crippen LogP contribution in [-0.2, 0) is 7.05 Å². The molecule has 0 amide bonds. The number of anilines is 1. The number of nitrogens with zero attached hydrogens (tertiary/aromatic N) is 5. The van der Waals surface area contributed by atoms with Crippen LogP contribution in [0.2, 0.25) is 0 Å². The van der Waals surface area contributed by atoms with Crippen molar-refractivity contribution in [2.75, 3.05) is 18.0 Å². The molecule has 3 heterocycles. The lowest BCUT2D eigenvalue weighted by molar-refractivity contribution is -0.0498. The van der Waals surface area contributed by atoms with E-state index in [4.69, 9.17) is 0 Å². The summed E-state index contributed by atoms with van der Waals surface area (Å²) in [7, 11) is 1.71. The highest BCUT2D eigenvalue weighted by Gasteiger charge is 2.35. The van der Waals surface area contributed by atoms with Gasteiger partial charge in [-0.2, -0.15) is 14.0 Å². The standard InChI is InChI=1S/C26H29F2N5O2/c1-5-20-15-32(23-12-24(34)31(4)22-11-8-19(13-29)30-25(22)23)16(2)14-33(20)17(3)18-6-9-21(10-7-18)35-26(27)28/h6-12,16-17,20,26H,5,14-15H2,1-4H3/t16-,17?,20+/m0/s1. The van der Waals surface area contributed by atoms with Gasteiger partial charge in [-0.15, -0.1) is 0 Å². The zero-order valence-electron chi connectivity index (χ0n) is 20.3. The summed E-state index contributed by atoms with van der Waals surface area (Å²) < 4.78 is 31.0. The van der Waals surface area contributed by atoms with Crippen LogP contribution in [-0.4, -0.2) is 46.2 Å². The van der Waals surface area contributed by atoms with Crippen molar-refractivity contribution in [3.8, 4) is 11.8 Å². The Morgan fingerprint density at radius 3 is 2.54 bits per heavy atom. The van der Waals surface area contributed by atoms with Crippen LogP contribution in [0.15, 0.2) is 47.3 Å². The molecule has 9 heteroatoms. The number of pyridine rings is 2. The van der Waals surface area contributed by atoms with Crippen molar-refractivity contribution in [3.05, 3.63) is 64.1 Å². The molecule has 0 saturated carbocycles. The molecule has 4 rings (SSSR count). The Labute approximate surface area is 203 Å². The fourth-order valence-electron chi connectivity index (χ4n) is 4.95. The van der Waals surface area contributed by atoms with Crippen molar-refractivity contribution in [1.29, 1.82) is 5.26 Å². The monoisotopic (exact) mass is 481 g/mol. The summed E-state index contributed by atoms with van der Waals surface area (Å²) in [5.41, 5.74) is 3.28. The van der Waals surface area contributed by atoms with Crippen LogP contribution in [0, 0.1) is 11.3 Å². The first-order valence-electron chi connectivity index (χ1n) is 11.7. The molecular weight excluding hydrogens is 452 g/mol. The number of piperazine rings is 1. The molecular formula is C26H29F2N5O2. The van der Waals surface area contributed by atoms with Gasteiger partial charge in [0, 0.05) is 44.3 Å². The molecule has 35 heavy (non-hydrogen) atoms. The van der Waals surface area contributed by atoms with Gasteiger partial charge in [0.2, 0.25) is 0 Å². The van der Waals surface area contributed by atoms with Gasteiger partial charge >= 0.3 is 6.61 Å². The quantitative estimate of drug-likeness (QED) is 0.518. The molecule has 1 aromatic carbocycles. The van der Waals surface area contributed by atoms with Crippen LogP contribution in [0.25, 0.3) is 11.0 Å². The predicted molar refractivity (Wildman–Crippen MR) is 131 cm³/mol. The summed E-state index contributed by atoms with van der Waals surface area (Å²) in [6, 6.07) is 14.2. The first kappa shape index (κ1) is 24.6. The topological polar surface area (TPSA) is 74.4 Å². The number of aryl methyl sites for hydroxylation is 1. The third-order valence-corrected chi connectivity index (χ3v) is 6.93. The Balaban J connectivity index is 1.64. The molecule has 0 spiro atoms. The Kier molecular flexibility index (Phi) is 7.03. The van der Waals surface area contributed by atoms with E-state index in [1.54, 1.807) is 41.9 Å². The molecule has 184 valence electrons. The van der Waals surface area contributed by atoms with Crippen LogP contribution in [0.4, 0.5) is 14.5 Å². The molecule has 7 nitrogen and oxygen atoms in total. The van der Waals surface area contributed by atoms with Crippen molar-refractivity contribution in [2.24, 2.45) is 7.05 Å². The molecule has 1 aliphatic heterocycles. The molecule has 0 radical (unpaired) electrons. The van der Waals surface area contributed by atoms with E-state index < -0.39 is 6.61 Å². The van der Waals surface area contributed by atoms with Gasteiger partial charge in [-0.3, -0.25) is 9.69 Å². The zero-order valence-corrected chi connectivity index (χ0v) is 20.3. The number of halogens is 2. The number of alkyl halides is 2. The number of aromatic nitrogens is 2.